The third kappa shape index (κ3) is 2.04. The van der Waals surface area contributed by atoms with E-state index < -0.39 is 0 Å². The van der Waals surface area contributed by atoms with Gasteiger partial charge in [-0.25, -0.2) is 19.3 Å². The second-order valence-electron chi connectivity index (χ2n) is 5.11. The van der Waals surface area contributed by atoms with E-state index in [9.17, 15) is 4.79 Å². The Kier molecular flexibility index (Phi) is 3.08. The van der Waals surface area contributed by atoms with Crippen LogP contribution in [0.4, 0.5) is 5.82 Å². The fourth-order valence-corrected chi connectivity index (χ4v) is 2.75. The van der Waals surface area contributed by atoms with Crippen molar-refractivity contribution in [2.24, 2.45) is 0 Å². The van der Waals surface area contributed by atoms with Crippen molar-refractivity contribution in [2.75, 3.05) is 31.1 Å². The van der Waals surface area contributed by atoms with Crippen molar-refractivity contribution < 1.29 is 0 Å². The molecular formula is C14H15N7O. The van der Waals surface area contributed by atoms with Crippen LogP contribution < -0.4 is 15.9 Å². The summed E-state index contributed by atoms with van der Waals surface area (Å²) in [6.45, 7) is 3.51. The first kappa shape index (κ1) is 13.0. The Morgan fingerprint density at radius 1 is 1.18 bits per heavy atom. The molecule has 3 aromatic heterocycles. The number of aromatic nitrogens is 5. The van der Waals surface area contributed by atoms with Crippen LogP contribution in [0.25, 0.3) is 16.9 Å². The molecule has 0 bridgehead atoms. The van der Waals surface area contributed by atoms with Crippen LogP contribution in [0, 0.1) is 0 Å². The van der Waals surface area contributed by atoms with Crippen molar-refractivity contribution in [1.29, 1.82) is 0 Å². The maximum absolute atomic E-state index is 12.4. The maximum atomic E-state index is 12.4. The predicted octanol–water partition coefficient (Wildman–Crippen LogP) is -0.0866. The molecule has 22 heavy (non-hydrogen) atoms. The Morgan fingerprint density at radius 2 is 2.05 bits per heavy atom. The summed E-state index contributed by atoms with van der Waals surface area (Å²) in [5.74, 6) is 0.770. The van der Waals surface area contributed by atoms with Gasteiger partial charge in [0, 0.05) is 32.4 Å². The second kappa shape index (κ2) is 5.23. The van der Waals surface area contributed by atoms with E-state index in [0.717, 1.165) is 32.0 Å². The highest BCUT2D eigenvalue weighted by atomic mass is 16.1. The molecule has 112 valence electrons. The molecule has 8 heteroatoms. The van der Waals surface area contributed by atoms with Gasteiger partial charge >= 0.3 is 5.69 Å². The van der Waals surface area contributed by atoms with Crippen LogP contribution in [-0.2, 0) is 0 Å². The Morgan fingerprint density at radius 3 is 2.82 bits per heavy atom. The monoisotopic (exact) mass is 297 g/mol. The van der Waals surface area contributed by atoms with Gasteiger partial charge in [-0.05, 0) is 12.1 Å². The highest BCUT2D eigenvalue weighted by molar-refractivity contribution is 5.84. The van der Waals surface area contributed by atoms with E-state index in [1.807, 2.05) is 6.07 Å². The van der Waals surface area contributed by atoms with Gasteiger partial charge in [0.25, 0.3) is 0 Å². The molecule has 0 aromatic carbocycles. The number of nitrogens with one attached hydrogen (secondary N) is 2. The number of aromatic amines is 1. The summed E-state index contributed by atoms with van der Waals surface area (Å²) in [5.41, 5.74) is 1.68. The first-order valence-electron chi connectivity index (χ1n) is 7.16. The Labute approximate surface area is 125 Å². The van der Waals surface area contributed by atoms with Gasteiger partial charge in [0.15, 0.2) is 11.5 Å². The van der Waals surface area contributed by atoms with Gasteiger partial charge < -0.3 is 15.2 Å². The third-order valence-corrected chi connectivity index (χ3v) is 3.77. The molecule has 0 spiro atoms. The van der Waals surface area contributed by atoms with Gasteiger partial charge in [-0.3, -0.25) is 4.98 Å². The van der Waals surface area contributed by atoms with E-state index in [2.05, 4.69) is 30.2 Å². The van der Waals surface area contributed by atoms with Crippen molar-refractivity contribution >= 4 is 17.0 Å². The Hall–Kier alpha value is -2.74. The van der Waals surface area contributed by atoms with Crippen molar-refractivity contribution in [3.8, 4) is 5.69 Å². The first-order valence-corrected chi connectivity index (χ1v) is 7.16. The molecule has 0 saturated carbocycles. The number of hydrogen-bond donors (Lipinski definition) is 2. The summed E-state index contributed by atoms with van der Waals surface area (Å²) in [6, 6.07) is 3.62. The number of pyridine rings is 1. The summed E-state index contributed by atoms with van der Waals surface area (Å²) in [7, 11) is 0. The zero-order chi connectivity index (χ0) is 14.9. The molecule has 4 heterocycles. The zero-order valence-electron chi connectivity index (χ0n) is 11.9. The number of hydrogen-bond acceptors (Lipinski definition) is 6. The van der Waals surface area contributed by atoms with Crippen molar-refractivity contribution in [1.82, 2.24) is 29.8 Å². The van der Waals surface area contributed by atoms with Crippen LogP contribution in [0.15, 0.2) is 35.6 Å². The highest BCUT2D eigenvalue weighted by Crippen LogP contribution is 2.21. The first-order chi connectivity index (χ1) is 10.8. The van der Waals surface area contributed by atoms with Gasteiger partial charge in [-0.15, -0.1) is 0 Å². The van der Waals surface area contributed by atoms with E-state index in [1.54, 1.807) is 18.5 Å². The van der Waals surface area contributed by atoms with E-state index in [4.69, 9.17) is 0 Å². The molecule has 4 rings (SSSR count). The Bertz CT molecular complexity index is 849. The van der Waals surface area contributed by atoms with Crippen molar-refractivity contribution in [2.45, 2.75) is 0 Å². The number of fused-ring (bicyclic) bond motifs is 1. The predicted molar refractivity (Wildman–Crippen MR) is 82.4 cm³/mol. The van der Waals surface area contributed by atoms with Gasteiger partial charge in [0.1, 0.15) is 11.8 Å². The van der Waals surface area contributed by atoms with E-state index in [0.29, 0.717) is 16.9 Å². The van der Waals surface area contributed by atoms with Gasteiger partial charge in [-0.2, -0.15) is 0 Å². The van der Waals surface area contributed by atoms with Crippen LogP contribution in [0.1, 0.15) is 0 Å². The molecule has 0 unspecified atom stereocenters. The highest BCUT2D eigenvalue weighted by Gasteiger charge is 2.19. The van der Waals surface area contributed by atoms with Crippen LogP contribution in [0.5, 0.6) is 0 Å². The van der Waals surface area contributed by atoms with E-state index in [1.165, 1.54) is 10.9 Å². The minimum atomic E-state index is -0.236. The minimum absolute atomic E-state index is 0.236. The SMILES string of the molecule is O=c1[nH]c2c(N3CCNCC3)ncnc2n1-c1cccnc1. The number of anilines is 1. The molecule has 1 aliphatic heterocycles. The van der Waals surface area contributed by atoms with Crippen LogP contribution in [-0.4, -0.2) is 50.7 Å². The molecule has 1 saturated heterocycles. The summed E-state index contributed by atoms with van der Waals surface area (Å²) < 4.78 is 1.52. The largest absolute Gasteiger partial charge is 0.352 e. The average molecular weight is 297 g/mol. The number of H-pyrrole nitrogens is 1. The number of piperazine rings is 1. The minimum Gasteiger partial charge on any atom is -0.352 e. The van der Waals surface area contributed by atoms with Crippen LogP contribution in [0.2, 0.25) is 0 Å². The summed E-state index contributed by atoms with van der Waals surface area (Å²) >= 11 is 0. The van der Waals surface area contributed by atoms with Gasteiger partial charge in [0.05, 0.1) is 11.9 Å². The summed E-state index contributed by atoms with van der Waals surface area (Å²) in [5, 5.41) is 3.30. The lowest BCUT2D eigenvalue weighted by Crippen LogP contribution is -2.44. The smallest absolute Gasteiger partial charge is 0.332 e. The van der Waals surface area contributed by atoms with Gasteiger partial charge in [-0.1, -0.05) is 0 Å². The fourth-order valence-electron chi connectivity index (χ4n) is 2.75. The molecule has 0 atom stereocenters. The number of imidazole rings is 1. The topological polar surface area (TPSA) is 91.7 Å². The molecule has 1 fully saturated rings. The number of nitrogens with zero attached hydrogens (tertiary/aromatic N) is 5. The molecule has 0 amide bonds. The molecule has 3 aromatic rings. The van der Waals surface area contributed by atoms with Crippen LogP contribution in [0.3, 0.4) is 0 Å². The Balaban J connectivity index is 1.91. The quantitative estimate of drug-likeness (QED) is 0.687. The normalized spacial score (nSPS) is 15.4. The fraction of sp³-hybridized carbons (Fsp3) is 0.286. The van der Waals surface area contributed by atoms with Crippen molar-refractivity contribution in [3.63, 3.8) is 0 Å². The third-order valence-electron chi connectivity index (χ3n) is 3.77. The summed E-state index contributed by atoms with van der Waals surface area (Å²) in [6.07, 6.45) is 4.81. The summed E-state index contributed by atoms with van der Waals surface area (Å²) in [4.78, 5) is 30.1. The lowest BCUT2D eigenvalue weighted by Gasteiger charge is -2.28. The van der Waals surface area contributed by atoms with Gasteiger partial charge in [0.2, 0.25) is 0 Å². The molecular weight excluding hydrogens is 282 g/mol. The molecule has 1 aliphatic rings. The molecule has 0 radical (unpaired) electrons. The zero-order valence-corrected chi connectivity index (χ0v) is 11.9. The average Bonchev–Trinajstić information content (AvgIpc) is 2.92. The lowest BCUT2D eigenvalue weighted by molar-refractivity contribution is 0.586. The molecule has 0 aliphatic carbocycles. The van der Waals surface area contributed by atoms with Crippen molar-refractivity contribution in [3.05, 3.63) is 41.3 Å². The lowest BCUT2D eigenvalue weighted by atomic mass is 10.3. The standard InChI is InChI=1S/C14H15N7O/c22-14-19-11-12(20-6-4-15-5-7-20)17-9-18-13(11)21(14)10-2-1-3-16-8-10/h1-3,8-9,15H,4-7H2,(H,19,22). The molecule has 8 nitrogen and oxygen atoms in total. The second-order valence-corrected chi connectivity index (χ2v) is 5.11. The van der Waals surface area contributed by atoms with E-state index >= 15 is 0 Å². The number of rotatable bonds is 2. The van der Waals surface area contributed by atoms with Crippen LogP contribution >= 0.6 is 0 Å². The molecule has 2 N–H and O–H groups in total. The maximum Gasteiger partial charge on any atom is 0.332 e. The van der Waals surface area contributed by atoms with E-state index in [-0.39, 0.29) is 5.69 Å².